The van der Waals surface area contributed by atoms with Gasteiger partial charge in [0.25, 0.3) is 0 Å². The van der Waals surface area contributed by atoms with Crippen molar-refractivity contribution in [2.75, 3.05) is 19.7 Å². The third kappa shape index (κ3) is 2.76. The molecule has 3 heteroatoms. The molecule has 16 heavy (non-hydrogen) atoms. The van der Waals surface area contributed by atoms with Crippen LogP contribution in [0.3, 0.4) is 0 Å². The first kappa shape index (κ1) is 11.9. The van der Waals surface area contributed by atoms with Gasteiger partial charge in [0.15, 0.2) is 0 Å². The van der Waals surface area contributed by atoms with Crippen LogP contribution in [-0.4, -0.2) is 35.6 Å². The molecule has 1 saturated heterocycles. The monoisotopic (exact) mass is 225 g/mol. The van der Waals surface area contributed by atoms with E-state index >= 15 is 0 Å². The predicted molar refractivity (Wildman–Crippen MR) is 63.0 cm³/mol. The van der Waals surface area contributed by atoms with Crippen molar-refractivity contribution in [3.05, 3.63) is 0 Å². The standard InChI is InChI=1S/C13H23NO2/c15-10-11-5-4-8-14(9-11)13(16)12-6-2-1-3-7-12/h11-12,15H,1-10H2. The van der Waals surface area contributed by atoms with Gasteiger partial charge in [-0.2, -0.15) is 0 Å². The van der Waals surface area contributed by atoms with E-state index in [2.05, 4.69) is 0 Å². The van der Waals surface area contributed by atoms with E-state index in [0.29, 0.717) is 11.8 Å². The lowest BCUT2D eigenvalue weighted by atomic mass is 9.87. The molecule has 0 bridgehead atoms. The van der Waals surface area contributed by atoms with Crippen molar-refractivity contribution in [2.45, 2.75) is 44.9 Å². The van der Waals surface area contributed by atoms with Crippen LogP contribution in [0.5, 0.6) is 0 Å². The highest BCUT2D eigenvalue weighted by Crippen LogP contribution is 2.27. The summed E-state index contributed by atoms with van der Waals surface area (Å²) < 4.78 is 0. The summed E-state index contributed by atoms with van der Waals surface area (Å²) in [5, 5.41) is 9.16. The summed E-state index contributed by atoms with van der Waals surface area (Å²) in [5.41, 5.74) is 0. The smallest absolute Gasteiger partial charge is 0.225 e. The normalized spacial score (nSPS) is 28.1. The first-order chi connectivity index (χ1) is 7.81. The van der Waals surface area contributed by atoms with Crippen LogP contribution in [0.1, 0.15) is 44.9 Å². The molecule has 2 fully saturated rings. The fourth-order valence-electron chi connectivity index (χ4n) is 3.02. The molecule has 1 aliphatic carbocycles. The molecule has 0 radical (unpaired) electrons. The van der Waals surface area contributed by atoms with Crippen molar-refractivity contribution in [1.82, 2.24) is 4.90 Å². The number of amides is 1. The number of hydrogen-bond donors (Lipinski definition) is 1. The highest BCUT2D eigenvalue weighted by Gasteiger charge is 2.29. The second-order valence-electron chi connectivity index (χ2n) is 5.31. The van der Waals surface area contributed by atoms with Crippen LogP contribution in [-0.2, 0) is 4.79 Å². The molecule has 1 saturated carbocycles. The molecular formula is C13H23NO2. The van der Waals surface area contributed by atoms with Gasteiger partial charge in [0, 0.05) is 25.6 Å². The lowest BCUT2D eigenvalue weighted by molar-refractivity contribution is -0.138. The summed E-state index contributed by atoms with van der Waals surface area (Å²) in [6.45, 7) is 1.92. The van der Waals surface area contributed by atoms with Crippen LogP contribution in [0.4, 0.5) is 0 Å². The molecule has 1 atom stereocenters. The van der Waals surface area contributed by atoms with Gasteiger partial charge >= 0.3 is 0 Å². The predicted octanol–water partition coefficient (Wildman–Crippen LogP) is 1.80. The average Bonchev–Trinajstić information content (AvgIpc) is 2.39. The summed E-state index contributed by atoms with van der Waals surface area (Å²) in [6.07, 6.45) is 8.03. The molecule has 1 amide bonds. The summed E-state index contributed by atoms with van der Waals surface area (Å²) in [4.78, 5) is 14.3. The van der Waals surface area contributed by atoms with Gasteiger partial charge in [0.05, 0.1) is 0 Å². The quantitative estimate of drug-likeness (QED) is 0.778. The molecule has 0 aromatic carbocycles. The van der Waals surface area contributed by atoms with Gasteiger partial charge in [-0.15, -0.1) is 0 Å². The number of carbonyl (C=O) groups is 1. The Morgan fingerprint density at radius 3 is 2.56 bits per heavy atom. The van der Waals surface area contributed by atoms with Crippen LogP contribution in [0.25, 0.3) is 0 Å². The van der Waals surface area contributed by atoms with Crippen molar-refractivity contribution in [1.29, 1.82) is 0 Å². The number of carbonyl (C=O) groups excluding carboxylic acids is 1. The number of likely N-dealkylation sites (tertiary alicyclic amines) is 1. The Morgan fingerprint density at radius 2 is 1.88 bits per heavy atom. The summed E-state index contributed by atoms with van der Waals surface area (Å²) in [6, 6.07) is 0. The van der Waals surface area contributed by atoms with Crippen LogP contribution >= 0.6 is 0 Å². The lowest BCUT2D eigenvalue weighted by Crippen LogP contribution is -2.44. The molecule has 0 aromatic rings. The van der Waals surface area contributed by atoms with Crippen molar-refractivity contribution in [3.8, 4) is 0 Å². The number of piperidine rings is 1. The largest absolute Gasteiger partial charge is 0.396 e. The van der Waals surface area contributed by atoms with Gasteiger partial charge in [-0.1, -0.05) is 19.3 Å². The minimum atomic E-state index is 0.231. The zero-order chi connectivity index (χ0) is 11.4. The Hall–Kier alpha value is -0.570. The molecule has 1 N–H and O–H groups in total. The lowest BCUT2D eigenvalue weighted by Gasteiger charge is -2.35. The highest BCUT2D eigenvalue weighted by molar-refractivity contribution is 5.79. The van der Waals surface area contributed by atoms with Gasteiger partial charge < -0.3 is 10.0 Å². The van der Waals surface area contributed by atoms with E-state index < -0.39 is 0 Å². The molecule has 0 spiro atoms. The first-order valence-corrected chi connectivity index (χ1v) is 6.71. The van der Waals surface area contributed by atoms with Crippen LogP contribution in [0.15, 0.2) is 0 Å². The second kappa shape index (κ2) is 5.67. The first-order valence-electron chi connectivity index (χ1n) is 6.71. The Labute approximate surface area is 97.8 Å². The zero-order valence-corrected chi connectivity index (χ0v) is 10.0. The maximum absolute atomic E-state index is 12.3. The summed E-state index contributed by atoms with van der Waals surface area (Å²) >= 11 is 0. The molecule has 2 aliphatic rings. The third-order valence-electron chi connectivity index (χ3n) is 4.04. The summed E-state index contributed by atoms with van der Waals surface area (Å²) in [7, 11) is 0. The highest BCUT2D eigenvalue weighted by atomic mass is 16.3. The van der Waals surface area contributed by atoms with Gasteiger partial charge in [-0.05, 0) is 31.6 Å². The molecule has 2 rings (SSSR count). The van der Waals surface area contributed by atoms with Gasteiger partial charge in [-0.25, -0.2) is 0 Å². The fraction of sp³-hybridized carbons (Fsp3) is 0.923. The maximum Gasteiger partial charge on any atom is 0.225 e. The van der Waals surface area contributed by atoms with Crippen molar-refractivity contribution in [2.24, 2.45) is 11.8 Å². The van der Waals surface area contributed by atoms with E-state index in [-0.39, 0.29) is 12.5 Å². The van der Waals surface area contributed by atoms with Crippen LogP contribution < -0.4 is 0 Å². The van der Waals surface area contributed by atoms with Crippen molar-refractivity contribution >= 4 is 5.91 Å². The number of rotatable bonds is 2. The summed E-state index contributed by atoms with van der Waals surface area (Å²) in [5.74, 6) is 0.963. The van der Waals surface area contributed by atoms with Crippen molar-refractivity contribution in [3.63, 3.8) is 0 Å². The second-order valence-corrected chi connectivity index (χ2v) is 5.31. The number of aliphatic hydroxyl groups excluding tert-OH is 1. The molecule has 92 valence electrons. The number of hydrogen-bond acceptors (Lipinski definition) is 2. The minimum absolute atomic E-state index is 0.231. The van der Waals surface area contributed by atoms with Gasteiger partial charge in [0.1, 0.15) is 0 Å². The number of nitrogens with zero attached hydrogens (tertiary/aromatic N) is 1. The van der Waals surface area contributed by atoms with Gasteiger partial charge in [0.2, 0.25) is 5.91 Å². The van der Waals surface area contributed by atoms with Gasteiger partial charge in [-0.3, -0.25) is 4.79 Å². The molecule has 1 heterocycles. The zero-order valence-electron chi connectivity index (χ0n) is 10.0. The topological polar surface area (TPSA) is 40.5 Å². The van der Waals surface area contributed by atoms with E-state index in [1.165, 1.54) is 19.3 Å². The average molecular weight is 225 g/mol. The van der Waals surface area contributed by atoms with E-state index in [1.54, 1.807) is 0 Å². The maximum atomic E-state index is 12.3. The Bertz CT molecular complexity index is 236. The number of aliphatic hydroxyl groups is 1. The minimum Gasteiger partial charge on any atom is -0.396 e. The fourth-order valence-corrected chi connectivity index (χ4v) is 3.02. The Kier molecular flexibility index (Phi) is 4.22. The van der Waals surface area contributed by atoms with E-state index in [4.69, 9.17) is 5.11 Å². The van der Waals surface area contributed by atoms with E-state index in [9.17, 15) is 4.79 Å². The molecule has 0 aromatic heterocycles. The Balaban J connectivity index is 1.87. The Morgan fingerprint density at radius 1 is 1.12 bits per heavy atom. The molecule has 1 aliphatic heterocycles. The van der Waals surface area contributed by atoms with Crippen LogP contribution in [0, 0.1) is 11.8 Å². The third-order valence-corrected chi connectivity index (χ3v) is 4.04. The molecule has 1 unspecified atom stereocenters. The van der Waals surface area contributed by atoms with Crippen molar-refractivity contribution < 1.29 is 9.90 Å². The SMILES string of the molecule is O=C(C1CCCCC1)N1CCCC(CO)C1. The molecule has 3 nitrogen and oxygen atoms in total. The van der Waals surface area contributed by atoms with Crippen LogP contribution in [0.2, 0.25) is 0 Å². The van der Waals surface area contributed by atoms with E-state index in [0.717, 1.165) is 38.8 Å². The van der Waals surface area contributed by atoms with E-state index in [1.807, 2.05) is 4.90 Å². The molecular weight excluding hydrogens is 202 g/mol.